The summed E-state index contributed by atoms with van der Waals surface area (Å²) >= 11 is 0. The minimum atomic E-state index is -0.354. The van der Waals surface area contributed by atoms with Crippen molar-refractivity contribution in [2.24, 2.45) is 5.11 Å². The van der Waals surface area contributed by atoms with Crippen LogP contribution in [-0.2, 0) is 14.4 Å². The van der Waals surface area contributed by atoms with Crippen molar-refractivity contribution in [2.75, 3.05) is 6.54 Å². The molecule has 7 heteroatoms. The topological polar surface area (TPSA) is 95.4 Å². The molecule has 0 N–H and O–H groups in total. The number of amides is 2. The number of imide groups is 1. The van der Waals surface area contributed by atoms with Gasteiger partial charge in [0.15, 0.2) is 0 Å². The predicted octanol–water partition coefficient (Wildman–Crippen LogP) is 1.51. The van der Waals surface area contributed by atoms with Gasteiger partial charge < -0.3 is 4.84 Å². The molecule has 1 saturated heterocycles. The Hall–Kier alpha value is -2.19. The lowest BCUT2D eigenvalue weighted by molar-refractivity contribution is -0.170. The Morgan fingerprint density at radius 1 is 1.35 bits per heavy atom. The molecule has 0 radical (unpaired) electrons. The largest absolute Gasteiger partial charge is 0.316 e. The smallest absolute Gasteiger partial charge is 0.264 e. The van der Waals surface area contributed by atoms with Gasteiger partial charge in [0.2, 0.25) is 0 Å². The Kier molecular flexibility index (Phi) is 5.41. The summed E-state index contributed by atoms with van der Waals surface area (Å²) in [6.45, 7) is 0.447. The second-order valence-electron chi connectivity index (χ2n) is 3.36. The number of carbonyl (C=O) groups is 2. The molecule has 0 unspecified atom stereocenters. The molecule has 17 heavy (non-hydrogen) atoms. The summed E-state index contributed by atoms with van der Waals surface area (Å²) in [5.74, 6) is 1.97. The van der Waals surface area contributed by atoms with Crippen molar-refractivity contribution < 1.29 is 14.4 Å². The van der Waals surface area contributed by atoms with E-state index in [0.29, 0.717) is 18.0 Å². The average Bonchev–Trinajstić information content (AvgIpc) is 2.63. The molecule has 1 fully saturated rings. The fourth-order valence-electron chi connectivity index (χ4n) is 1.23. The number of carbonyl (C=O) groups excluding carboxylic acids is 2. The highest BCUT2D eigenvalue weighted by atomic mass is 16.7. The van der Waals surface area contributed by atoms with Crippen LogP contribution in [0.5, 0.6) is 0 Å². The van der Waals surface area contributed by atoms with Gasteiger partial charge in [0, 0.05) is 30.7 Å². The monoisotopic (exact) mass is 236 g/mol. The molecule has 1 heterocycles. The van der Waals surface area contributed by atoms with E-state index in [2.05, 4.69) is 22.1 Å². The SMILES string of the molecule is [N-]=[N+]=NCCCCC#CON1C(=O)CCC1=O. The summed E-state index contributed by atoms with van der Waals surface area (Å²) in [6.07, 6.45) is 4.78. The fourth-order valence-corrected chi connectivity index (χ4v) is 1.23. The Morgan fingerprint density at radius 3 is 2.71 bits per heavy atom. The molecule has 0 spiro atoms. The van der Waals surface area contributed by atoms with E-state index in [9.17, 15) is 9.59 Å². The van der Waals surface area contributed by atoms with E-state index >= 15 is 0 Å². The van der Waals surface area contributed by atoms with Crippen molar-refractivity contribution in [1.82, 2.24) is 5.06 Å². The number of nitrogens with zero attached hydrogens (tertiary/aromatic N) is 4. The average molecular weight is 236 g/mol. The molecule has 90 valence electrons. The van der Waals surface area contributed by atoms with Crippen LogP contribution in [0.25, 0.3) is 10.4 Å². The molecule has 0 aromatic rings. The Morgan fingerprint density at radius 2 is 2.06 bits per heavy atom. The highest BCUT2D eigenvalue weighted by Crippen LogP contribution is 2.11. The van der Waals surface area contributed by atoms with Crippen molar-refractivity contribution >= 4 is 11.8 Å². The molecule has 7 nitrogen and oxygen atoms in total. The predicted molar refractivity (Wildman–Crippen MR) is 57.8 cm³/mol. The lowest BCUT2D eigenvalue weighted by Crippen LogP contribution is -2.27. The molecule has 0 bridgehead atoms. The minimum absolute atomic E-state index is 0.187. The summed E-state index contributed by atoms with van der Waals surface area (Å²) in [5, 5.41) is 4.08. The lowest BCUT2D eigenvalue weighted by Gasteiger charge is -2.06. The standard InChI is InChI=1S/C10H12N4O3/c11-13-12-7-3-1-2-4-8-17-14-9(15)5-6-10(14)16/h1-3,5-7H2. The van der Waals surface area contributed by atoms with Crippen molar-refractivity contribution in [3.63, 3.8) is 0 Å². The quantitative estimate of drug-likeness (QED) is 0.181. The van der Waals surface area contributed by atoms with E-state index in [1.54, 1.807) is 0 Å². The summed E-state index contributed by atoms with van der Waals surface area (Å²) < 4.78 is 0. The Balaban J connectivity index is 2.16. The van der Waals surface area contributed by atoms with Crippen molar-refractivity contribution in [1.29, 1.82) is 0 Å². The van der Waals surface area contributed by atoms with Crippen LogP contribution in [0.4, 0.5) is 0 Å². The lowest BCUT2D eigenvalue weighted by atomic mass is 10.2. The maximum absolute atomic E-state index is 11.1. The minimum Gasteiger partial charge on any atom is -0.316 e. The summed E-state index contributed by atoms with van der Waals surface area (Å²) in [7, 11) is 0. The summed E-state index contributed by atoms with van der Waals surface area (Å²) in [6, 6.07) is 0. The van der Waals surface area contributed by atoms with Crippen LogP contribution in [0, 0.1) is 12.0 Å². The van der Waals surface area contributed by atoms with Gasteiger partial charge in [-0.05, 0) is 18.4 Å². The van der Waals surface area contributed by atoms with Gasteiger partial charge in [-0.15, -0.1) is 0 Å². The van der Waals surface area contributed by atoms with Crippen LogP contribution in [0.1, 0.15) is 32.1 Å². The second-order valence-corrected chi connectivity index (χ2v) is 3.36. The zero-order valence-corrected chi connectivity index (χ0v) is 9.26. The summed E-state index contributed by atoms with van der Waals surface area (Å²) in [4.78, 5) is 29.5. The maximum Gasteiger partial charge on any atom is 0.264 e. The van der Waals surface area contributed by atoms with E-state index in [1.807, 2.05) is 0 Å². The van der Waals surface area contributed by atoms with E-state index in [-0.39, 0.29) is 24.7 Å². The van der Waals surface area contributed by atoms with Crippen LogP contribution >= 0.6 is 0 Å². The maximum atomic E-state index is 11.1. The second kappa shape index (κ2) is 7.14. The van der Waals surface area contributed by atoms with Gasteiger partial charge in [-0.3, -0.25) is 9.59 Å². The molecule has 1 rings (SSSR count). The number of rotatable bonds is 5. The van der Waals surface area contributed by atoms with Crippen molar-refractivity contribution in [3.05, 3.63) is 10.4 Å². The van der Waals surface area contributed by atoms with E-state index in [1.165, 1.54) is 0 Å². The first-order valence-corrected chi connectivity index (χ1v) is 5.27. The third kappa shape index (κ3) is 4.45. The number of hydrogen-bond donors (Lipinski definition) is 0. The van der Waals surface area contributed by atoms with Gasteiger partial charge in [-0.25, -0.2) is 0 Å². The summed E-state index contributed by atoms with van der Waals surface area (Å²) in [5.41, 5.74) is 8.02. The first-order valence-electron chi connectivity index (χ1n) is 5.27. The Labute approximate surface area is 98.3 Å². The van der Waals surface area contributed by atoms with Gasteiger partial charge in [-0.2, -0.15) is 0 Å². The highest BCUT2D eigenvalue weighted by Gasteiger charge is 2.30. The number of unbranched alkanes of at least 4 members (excludes halogenated alkanes) is 2. The molecule has 0 aromatic heterocycles. The van der Waals surface area contributed by atoms with Crippen LogP contribution in [0.2, 0.25) is 0 Å². The van der Waals surface area contributed by atoms with Gasteiger partial charge >= 0.3 is 0 Å². The van der Waals surface area contributed by atoms with Crippen LogP contribution in [-0.4, -0.2) is 23.4 Å². The Bertz CT molecular complexity index is 388. The highest BCUT2D eigenvalue weighted by molar-refractivity contribution is 6.00. The zero-order chi connectivity index (χ0) is 12.5. The van der Waals surface area contributed by atoms with Gasteiger partial charge in [0.1, 0.15) is 6.11 Å². The van der Waals surface area contributed by atoms with Crippen LogP contribution < -0.4 is 0 Å². The van der Waals surface area contributed by atoms with E-state index in [0.717, 1.165) is 12.8 Å². The fraction of sp³-hybridized carbons (Fsp3) is 0.600. The van der Waals surface area contributed by atoms with Crippen molar-refractivity contribution in [2.45, 2.75) is 32.1 Å². The van der Waals surface area contributed by atoms with Gasteiger partial charge in [0.25, 0.3) is 11.8 Å². The third-order valence-corrected chi connectivity index (χ3v) is 2.09. The first-order chi connectivity index (χ1) is 8.25. The van der Waals surface area contributed by atoms with Crippen molar-refractivity contribution in [3.8, 4) is 12.0 Å². The zero-order valence-electron chi connectivity index (χ0n) is 9.26. The normalized spacial score (nSPS) is 14.0. The molecule has 1 aliphatic heterocycles. The number of hydrogen-bond acceptors (Lipinski definition) is 4. The molecule has 1 aliphatic rings. The van der Waals surface area contributed by atoms with E-state index in [4.69, 9.17) is 10.4 Å². The molecule has 0 aliphatic carbocycles. The van der Waals surface area contributed by atoms with E-state index < -0.39 is 0 Å². The molecule has 2 amide bonds. The van der Waals surface area contributed by atoms with Crippen LogP contribution in [0.3, 0.4) is 0 Å². The van der Waals surface area contributed by atoms with Gasteiger partial charge in [-0.1, -0.05) is 16.1 Å². The first kappa shape index (κ1) is 12.9. The number of azide groups is 1. The molecule has 0 saturated carbocycles. The van der Waals surface area contributed by atoms with Crippen LogP contribution in [0.15, 0.2) is 5.11 Å². The molecule has 0 aromatic carbocycles. The molecule has 0 atom stereocenters. The molecular weight excluding hydrogens is 224 g/mol. The number of hydroxylamine groups is 2. The third-order valence-electron chi connectivity index (χ3n) is 2.09. The van der Waals surface area contributed by atoms with Gasteiger partial charge in [0.05, 0.1) is 0 Å². The molecular formula is C10H12N4O3.